The minimum Gasteiger partial charge on any atom is -0.381 e. The van der Waals surface area contributed by atoms with Crippen molar-refractivity contribution in [1.29, 1.82) is 0 Å². The molecule has 0 unspecified atom stereocenters. The van der Waals surface area contributed by atoms with Gasteiger partial charge in [0.1, 0.15) is 11.2 Å². The zero-order chi connectivity index (χ0) is 18.7. The Balaban J connectivity index is 1.95. The largest absolute Gasteiger partial charge is 0.381 e. The highest BCUT2D eigenvalue weighted by Crippen LogP contribution is 2.52. The van der Waals surface area contributed by atoms with E-state index in [1.54, 1.807) is 0 Å². The van der Waals surface area contributed by atoms with E-state index in [1.165, 1.54) is 16.7 Å². The van der Waals surface area contributed by atoms with Crippen LogP contribution in [0.4, 0.5) is 0 Å². The number of rotatable bonds is 2. The molecule has 0 aromatic heterocycles. The van der Waals surface area contributed by atoms with Crippen molar-refractivity contribution in [3.63, 3.8) is 0 Å². The van der Waals surface area contributed by atoms with Gasteiger partial charge in [0, 0.05) is 0 Å². The minimum atomic E-state index is -0.975. The second kappa shape index (κ2) is 5.80. The first-order valence-corrected chi connectivity index (χ1v) is 9.71. The number of benzene rings is 2. The Morgan fingerprint density at radius 2 is 1.27 bits per heavy atom. The molecule has 0 aliphatic heterocycles. The molecule has 0 bridgehead atoms. The molecule has 0 radical (unpaired) electrons. The van der Waals surface area contributed by atoms with Gasteiger partial charge in [0.05, 0.1) is 0 Å². The normalized spacial score (nSPS) is 29.8. The van der Waals surface area contributed by atoms with Crippen LogP contribution in [-0.4, -0.2) is 10.2 Å². The van der Waals surface area contributed by atoms with Gasteiger partial charge in [-0.15, -0.1) is 0 Å². The van der Waals surface area contributed by atoms with Crippen molar-refractivity contribution in [2.75, 3.05) is 0 Å². The predicted octanol–water partition coefficient (Wildman–Crippen LogP) is 4.61. The Labute approximate surface area is 156 Å². The van der Waals surface area contributed by atoms with Crippen LogP contribution in [0.3, 0.4) is 0 Å². The molecular formula is C24H28O2. The van der Waals surface area contributed by atoms with Crippen molar-refractivity contribution in [3.8, 4) is 0 Å². The maximum absolute atomic E-state index is 11.7. The fourth-order valence-corrected chi connectivity index (χ4v) is 5.02. The molecule has 0 fully saturated rings. The first kappa shape index (κ1) is 17.5. The molecular weight excluding hydrogens is 320 g/mol. The molecule has 2 atom stereocenters. The highest BCUT2D eigenvalue weighted by molar-refractivity contribution is 5.58. The molecule has 4 rings (SSSR count). The summed E-state index contributed by atoms with van der Waals surface area (Å²) in [7, 11) is 0. The number of aliphatic hydroxyl groups is 2. The van der Waals surface area contributed by atoms with E-state index in [0.717, 1.165) is 40.7 Å². The van der Waals surface area contributed by atoms with E-state index in [0.29, 0.717) is 12.8 Å². The zero-order valence-electron chi connectivity index (χ0n) is 16.2. The molecule has 26 heavy (non-hydrogen) atoms. The van der Waals surface area contributed by atoms with Crippen molar-refractivity contribution < 1.29 is 10.2 Å². The maximum Gasteiger partial charge on any atom is 0.111 e. The summed E-state index contributed by atoms with van der Waals surface area (Å²) in [5.74, 6) is 0. The summed E-state index contributed by atoms with van der Waals surface area (Å²) in [6, 6.07) is 12.7. The zero-order valence-corrected chi connectivity index (χ0v) is 16.2. The molecule has 2 heteroatoms. The molecule has 0 amide bonds. The maximum atomic E-state index is 11.7. The Morgan fingerprint density at radius 1 is 0.731 bits per heavy atom. The molecule has 0 saturated carbocycles. The Kier molecular flexibility index (Phi) is 3.91. The van der Waals surface area contributed by atoms with Gasteiger partial charge in [0.2, 0.25) is 0 Å². The van der Waals surface area contributed by atoms with Crippen LogP contribution in [0.5, 0.6) is 0 Å². The lowest BCUT2D eigenvalue weighted by atomic mass is 9.80. The van der Waals surface area contributed by atoms with Gasteiger partial charge in [-0.1, -0.05) is 61.4 Å². The van der Waals surface area contributed by atoms with Crippen LogP contribution in [-0.2, 0) is 24.0 Å². The molecule has 2 aromatic rings. The van der Waals surface area contributed by atoms with Crippen LogP contribution in [0.2, 0.25) is 0 Å². The molecule has 0 heterocycles. The van der Waals surface area contributed by atoms with E-state index in [1.807, 2.05) is 13.8 Å². The lowest BCUT2D eigenvalue weighted by Crippen LogP contribution is -2.31. The van der Waals surface area contributed by atoms with E-state index >= 15 is 0 Å². The Bertz CT molecular complexity index is 924. The number of fused-ring (bicyclic) bond motifs is 2. The van der Waals surface area contributed by atoms with Crippen molar-refractivity contribution in [1.82, 2.24) is 0 Å². The van der Waals surface area contributed by atoms with Crippen LogP contribution >= 0.6 is 0 Å². The van der Waals surface area contributed by atoms with Crippen LogP contribution in [0, 0.1) is 13.8 Å². The Hall–Kier alpha value is -1.90. The molecule has 2 aliphatic carbocycles. The molecule has 136 valence electrons. The van der Waals surface area contributed by atoms with Crippen molar-refractivity contribution in [2.45, 2.75) is 64.6 Å². The summed E-state index contributed by atoms with van der Waals surface area (Å²) < 4.78 is 0. The third kappa shape index (κ3) is 2.25. The van der Waals surface area contributed by atoms with Gasteiger partial charge in [-0.05, 0) is 72.9 Å². The quantitative estimate of drug-likeness (QED) is 0.778. The highest BCUT2D eigenvalue weighted by atomic mass is 16.3. The van der Waals surface area contributed by atoms with Gasteiger partial charge in [-0.3, -0.25) is 0 Å². The van der Waals surface area contributed by atoms with E-state index in [-0.39, 0.29) is 0 Å². The van der Waals surface area contributed by atoms with Gasteiger partial charge >= 0.3 is 0 Å². The average molecular weight is 348 g/mol. The second-order valence-electron chi connectivity index (χ2n) is 8.06. The van der Waals surface area contributed by atoms with Crippen LogP contribution < -0.4 is 0 Å². The summed E-state index contributed by atoms with van der Waals surface area (Å²) in [5, 5.41) is 23.3. The van der Waals surface area contributed by atoms with E-state index in [4.69, 9.17) is 0 Å². The highest BCUT2D eigenvalue weighted by Gasteiger charge is 2.48. The summed E-state index contributed by atoms with van der Waals surface area (Å²) >= 11 is 0. The van der Waals surface area contributed by atoms with E-state index < -0.39 is 11.2 Å². The third-order valence-electron chi connectivity index (χ3n) is 6.54. The van der Waals surface area contributed by atoms with Crippen LogP contribution in [0.15, 0.2) is 47.5 Å². The van der Waals surface area contributed by atoms with Crippen molar-refractivity contribution in [3.05, 3.63) is 80.9 Å². The first-order valence-electron chi connectivity index (χ1n) is 9.71. The van der Waals surface area contributed by atoms with Gasteiger partial charge in [0.25, 0.3) is 0 Å². The number of hydrogen-bond acceptors (Lipinski definition) is 2. The molecule has 2 nitrogen and oxygen atoms in total. The molecule has 2 aromatic carbocycles. The van der Waals surface area contributed by atoms with Crippen molar-refractivity contribution >= 4 is 0 Å². The van der Waals surface area contributed by atoms with Crippen LogP contribution in [0.25, 0.3) is 0 Å². The predicted molar refractivity (Wildman–Crippen MR) is 105 cm³/mol. The molecule has 0 spiro atoms. The Morgan fingerprint density at radius 3 is 1.92 bits per heavy atom. The fourth-order valence-electron chi connectivity index (χ4n) is 5.02. The number of hydrogen-bond donors (Lipinski definition) is 2. The summed E-state index contributed by atoms with van der Waals surface area (Å²) in [4.78, 5) is 0. The smallest absolute Gasteiger partial charge is 0.111 e. The standard InChI is InChI=1S/C24H28O2/c1-5-23(25)19-10-8-15(3)11-18(19)14-22(23)21-13-17-9-7-16(4)12-20(17)24(21,26)6-2/h7-12,25-26H,5-6,13-14H2,1-4H3/b22-21+/t23-,24-/m1/s1. The van der Waals surface area contributed by atoms with E-state index in [9.17, 15) is 10.2 Å². The molecule has 2 aliphatic rings. The third-order valence-corrected chi connectivity index (χ3v) is 6.54. The lowest BCUT2D eigenvalue weighted by molar-refractivity contribution is 0.0530. The monoisotopic (exact) mass is 348 g/mol. The van der Waals surface area contributed by atoms with E-state index in [2.05, 4.69) is 50.2 Å². The summed E-state index contributed by atoms with van der Waals surface area (Å²) in [5.41, 5.74) is 6.87. The topological polar surface area (TPSA) is 40.5 Å². The number of aryl methyl sites for hydroxylation is 2. The molecule has 0 saturated heterocycles. The lowest BCUT2D eigenvalue weighted by Gasteiger charge is -2.32. The van der Waals surface area contributed by atoms with Gasteiger partial charge < -0.3 is 10.2 Å². The second-order valence-corrected chi connectivity index (χ2v) is 8.06. The summed E-state index contributed by atoms with van der Waals surface area (Å²) in [6.45, 7) is 8.23. The SMILES string of the molecule is CC[C@]1(O)/C(=C2\Cc3ccc(C)cc3[C@]2(O)CC)Cc2cc(C)ccc21. The fraction of sp³-hybridized carbons (Fsp3) is 0.417. The molecule has 2 N–H and O–H groups in total. The summed E-state index contributed by atoms with van der Waals surface area (Å²) in [6.07, 6.45) is 2.70. The van der Waals surface area contributed by atoms with Crippen LogP contribution in [0.1, 0.15) is 60.1 Å². The van der Waals surface area contributed by atoms with Crippen molar-refractivity contribution in [2.24, 2.45) is 0 Å². The first-order chi connectivity index (χ1) is 12.3. The van der Waals surface area contributed by atoms with Gasteiger partial charge in [-0.25, -0.2) is 0 Å². The van der Waals surface area contributed by atoms with Gasteiger partial charge in [-0.2, -0.15) is 0 Å². The minimum absolute atomic E-state index is 0.622. The van der Waals surface area contributed by atoms with Gasteiger partial charge in [0.15, 0.2) is 0 Å². The average Bonchev–Trinajstić information content (AvgIpc) is 3.07.